The number of benzene rings is 3. The molecule has 0 unspecified atom stereocenters. The summed E-state index contributed by atoms with van der Waals surface area (Å²) >= 11 is 6.36. The van der Waals surface area contributed by atoms with Gasteiger partial charge in [0, 0.05) is 10.9 Å². The Hall–Kier alpha value is -3.27. The van der Waals surface area contributed by atoms with Crippen LogP contribution in [0.25, 0.3) is 22.0 Å². The molecule has 0 aliphatic heterocycles. The summed E-state index contributed by atoms with van der Waals surface area (Å²) in [4.78, 5) is 3.93. The first-order valence-corrected chi connectivity index (χ1v) is 10.4. The van der Waals surface area contributed by atoms with Crippen molar-refractivity contribution >= 4 is 32.3 Å². The monoisotopic (exact) mass is 422 g/mol. The molecule has 4 nitrogen and oxygen atoms in total. The van der Waals surface area contributed by atoms with E-state index in [2.05, 4.69) is 4.98 Å². The molecule has 0 spiro atoms. The Morgan fingerprint density at radius 2 is 1.72 bits per heavy atom. The van der Waals surface area contributed by atoms with Crippen LogP contribution in [0.1, 0.15) is 5.56 Å². The van der Waals surface area contributed by atoms with Gasteiger partial charge in [0.2, 0.25) is 9.84 Å². The number of nitrogens with zero attached hydrogens (tertiary/aromatic N) is 2. The van der Waals surface area contributed by atoms with E-state index in [4.69, 9.17) is 16.9 Å². The van der Waals surface area contributed by atoms with Crippen LogP contribution in [0.3, 0.4) is 0 Å². The lowest BCUT2D eigenvalue weighted by molar-refractivity contribution is 0.596. The van der Waals surface area contributed by atoms with Gasteiger partial charge in [0.25, 0.3) is 0 Å². The van der Waals surface area contributed by atoms with Crippen molar-refractivity contribution in [3.05, 3.63) is 89.3 Å². The van der Waals surface area contributed by atoms with Gasteiger partial charge >= 0.3 is 0 Å². The third-order valence-electron chi connectivity index (χ3n) is 4.46. The highest BCUT2D eigenvalue weighted by molar-refractivity contribution is 7.91. The normalized spacial score (nSPS) is 11.3. The molecular formula is C22H12ClFN2O2S. The molecular weight excluding hydrogens is 411 g/mol. The number of fused-ring (bicyclic) bond motifs is 1. The van der Waals surface area contributed by atoms with E-state index >= 15 is 0 Å². The summed E-state index contributed by atoms with van der Waals surface area (Å²) in [7, 11) is -4.15. The van der Waals surface area contributed by atoms with Crippen molar-refractivity contribution in [2.45, 2.75) is 9.79 Å². The molecule has 1 heterocycles. The maximum absolute atomic E-state index is 14.0. The van der Waals surface area contributed by atoms with Gasteiger partial charge in [-0.05, 0) is 42.0 Å². The standard InChI is InChI=1S/C22H12ClFN2O2S/c23-22-21(29(27,28)17-8-3-5-14(11-17)13-25)20(15-6-4-7-16(24)12-15)18-9-1-2-10-19(18)26-22/h1-12H. The number of rotatable bonds is 3. The number of hydrogen-bond donors (Lipinski definition) is 0. The molecule has 0 radical (unpaired) electrons. The van der Waals surface area contributed by atoms with E-state index < -0.39 is 15.7 Å². The van der Waals surface area contributed by atoms with Gasteiger partial charge in [0.1, 0.15) is 15.9 Å². The van der Waals surface area contributed by atoms with E-state index in [1.165, 1.54) is 42.5 Å². The quantitative estimate of drug-likeness (QED) is 0.414. The van der Waals surface area contributed by atoms with Crippen LogP contribution in [0, 0.1) is 17.1 Å². The fourth-order valence-corrected chi connectivity index (χ4v) is 5.22. The number of nitriles is 1. The highest BCUT2D eigenvalue weighted by atomic mass is 35.5. The fraction of sp³-hybridized carbons (Fsp3) is 0. The first-order valence-electron chi connectivity index (χ1n) is 8.51. The van der Waals surface area contributed by atoms with E-state index in [0.29, 0.717) is 16.5 Å². The molecule has 4 aromatic rings. The van der Waals surface area contributed by atoms with Crippen molar-refractivity contribution in [3.8, 4) is 17.2 Å². The molecule has 4 rings (SSSR count). The van der Waals surface area contributed by atoms with Crippen LogP contribution in [-0.4, -0.2) is 13.4 Å². The van der Waals surface area contributed by atoms with Crippen molar-refractivity contribution in [3.63, 3.8) is 0 Å². The summed E-state index contributed by atoms with van der Waals surface area (Å²) in [5, 5.41) is 9.44. The lowest BCUT2D eigenvalue weighted by Gasteiger charge is -2.15. The number of aromatic nitrogens is 1. The first kappa shape index (κ1) is 19.1. The van der Waals surface area contributed by atoms with Crippen LogP contribution in [0.5, 0.6) is 0 Å². The molecule has 0 saturated heterocycles. The molecule has 0 bridgehead atoms. The summed E-state index contributed by atoms with van der Waals surface area (Å²) in [6, 6.07) is 20.1. The van der Waals surface area contributed by atoms with Gasteiger partial charge in [-0.2, -0.15) is 5.26 Å². The van der Waals surface area contributed by atoms with E-state index in [0.717, 1.165) is 0 Å². The maximum Gasteiger partial charge on any atom is 0.210 e. The summed E-state index contributed by atoms with van der Waals surface area (Å²) in [5.74, 6) is -0.505. The second-order valence-electron chi connectivity index (χ2n) is 6.28. The first-order chi connectivity index (χ1) is 13.9. The summed E-state index contributed by atoms with van der Waals surface area (Å²) in [6.45, 7) is 0. The lowest BCUT2D eigenvalue weighted by atomic mass is 10.0. The molecule has 0 fully saturated rings. The van der Waals surface area contributed by atoms with Gasteiger partial charge in [-0.25, -0.2) is 17.8 Å². The Morgan fingerprint density at radius 1 is 0.966 bits per heavy atom. The minimum Gasteiger partial charge on any atom is -0.235 e. The van der Waals surface area contributed by atoms with E-state index in [-0.39, 0.29) is 26.1 Å². The highest BCUT2D eigenvalue weighted by Crippen LogP contribution is 2.40. The van der Waals surface area contributed by atoms with Crippen molar-refractivity contribution in [1.82, 2.24) is 4.98 Å². The van der Waals surface area contributed by atoms with Crippen LogP contribution in [0.15, 0.2) is 82.6 Å². The predicted octanol–water partition coefficient (Wildman–Crippen LogP) is 5.40. The minimum atomic E-state index is -4.15. The molecule has 3 aromatic carbocycles. The van der Waals surface area contributed by atoms with Gasteiger partial charge in [-0.1, -0.05) is 48.0 Å². The zero-order valence-electron chi connectivity index (χ0n) is 14.8. The number of para-hydroxylation sites is 1. The van der Waals surface area contributed by atoms with Gasteiger partial charge in [0.05, 0.1) is 22.0 Å². The molecule has 1 aromatic heterocycles. The van der Waals surface area contributed by atoms with E-state index in [1.54, 1.807) is 30.3 Å². The number of pyridine rings is 1. The van der Waals surface area contributed by atoms with Crippen LogP contribution in [0.4, 0.5) is 4.39 Å². The molecule has 0 N–H and O–H groups in total. The highest BCUT2D eigenvalue weighted by Gasteiger charge is 2.28. The predicted molar refractivity (Wildman–Crippen MR) is 109 cm³/mol. The molecule has 0 aliphatic rings. The maximum atomic E-state index is 14.0. The van der Waals surface area contributed by atoms with Crippen molar-refractivity contribution < 1.29 is 12.8 Å². The summed E-state index contributed by atoms with van der Waals surface area (Å²) < 4.78 is 41.0. The summed E-state index contributed by atoms with van der Waals surface area (Å²) in [5.41, 5.74) is 1.31. The molecule has 7 heteroatoms. The van der Waals surface area contributed by atoms with E-state index in [9.17, 15) is 12.8 Å². The van der Waals surface area contributed by atoms with Crippen LogP contribution < -0.4 is 0 Å². The number of halogens is 2. The Bertz CT molecular complexity index is 1410. The fourth-order valence-electron chi connectivity index (χ4n) is 3.19. The SMILES string of the molecule is N#Cc1cccc(S(=O)(=O)c2c(Cl)nc3ccccc3c2-c2cccc(F)c2)c1. The Labute approximate surface area is 171 Å². The molecule has 0 atom stereocenters. The van der Waals surface area contributed by atoms with Crippen LogP contribution >= 0.6 is 11.6 Å². The molecule has 0 saturated carbocycles. The third kappa shape index (κ3) is 3.35. The average Bonchev–Trinajstić information content (AvgIpc) is 2.72. The van der Waals surface area contributed by atoms with Crippen LogP contribution in [0.2, 0.25) is 5.15 Å². The smallest absolute Gasteiger partial charge is 0.210 e. The van der Waals surface area contributed by atoms with Crippen molar-refractivity contribution in [2.24, 2.45) is 0 Å². The minimum absolute atomic E-state index is 0.0896. The van der Waals surface area contributed by atoms with Gasteiger partial charge in [-0.3, -0.25) is 0 Å². The largest absolute Gasteiger partial charge is 0.235 e. The molecule has 0 amide bonds. The number of hydrogen-bond acceptors (Lipinski definition) is 4. The number of sulfone groups is 1. The second kappa shape index (κ2) is 7.28. The molecule has 29 heavy (non-hydrogen) atoms. The Morgan fingerprint density at radius 3 is 2.48 bits per heavy atom. The van der Waals surface area contributed by atoms with Gasteiger partial charge in [-0.15, -0.1) is 0 Å². The van der Waals surface area contributed by atoms with Crippen LogP contribution in [-0.2, 0) is 9.84 Å². The zero-order chi connectivity index (χ0) is 20.6. The van der Waals surface area contributed by atoms with Crippen molar-refractivity contribution in [1.29, 1.82) is 5.26 Å². The second-order valence-corrected chi connectivity index (χ2v) is 8.52. The Balaban J connectivity index is 2.13. The zero-order valence-corrected chi connectivity index (χ0v) is 16.4. The molecule has 0 aliphatic carbocycles. The van der Waals surface area contributed by atoms with Crippen molar-refractivity contribution in [2.75, 3.05) is 0 Å². The van der Waals surface area contributed by atoms with Gasteiger partial charge < -0.3 is 0 Å². The third-order valence-corrected chi connectivity index (χ3v) is 6.66. The lowest BCUT2D eigenvalue weighted by Crippen LogP contribution is -2.07. The van der Waals surface area contributed by atoms with Gasteiger partial charge in [0.15, 0.2) is 0 Å². The summed E-state index contributed by atoms with van der Waals surface area (Å²) in [6.07, 6.45) is 0. The van der Waals surface area contributed by atoms with E-state index in [1.807, 2.05) is 6.07 Å². The average molecular weight is 423 g/mol. The molecule has 142 valence electrons. The Kier molecular flexibility index (Phi) is 4.79. The topological polar surface area (TPSA) is 70.8 Å².